The van der Waals surface area contributed by atoms with Crippen LogP contribution >= 0.6 is 0 Å². The van der Waals surface area contributed by atoms with Crippen molar-refractivity contribution in [1.29, 1.82) is 0 Å². The van der Waals surface area contributed by atoms with Crippen LogP contribution in [0.3, 0.4) is 0 Å². The van der Waals surface area contributed by atoms with Crippen LogP contribution < -0.4 is 5.73 Å². The number of sulfone groups is 1. The Morgan fingerprint density at radius 1 is 1.24 bits per heavy atom. The van der Waals surface area contributed by atoms with Gasteiger partial charge in [-0.25, -0.2) is 8.42 Å². The molecule has 0 aliphatic heterocycles. The summed E-state index contributed by atoms with van der Waals surface area (Å²) in [6.45, 7) is 0. The molecular weight excluding hydrogens is 234 g/mol. The molecule has 1 aliphatic rings. The van der Waals surface area contributed by atoms with E-state index in [2.05, 4.69) is 0 Å². The van der Waals surface area contributed by atoms with Crippen LogP contribution in [-0.4, -0.2) is 20.4 Å². The minimum Gasteiger partial charge on any atom is -0.321 e. The summed E-state index contributed by atoms with van der Waals surface area (Å²) in [5.74, 6) is 0.208. The molecule has 4 heteroatoms. The standard InChI is InChI=1S/C13H19NO2S/c1-17(15,16)10-7-11-3-5-12(6-4-11)13(14)8-2-9-13/h3-6H,2,7-10,14H2,1H3. The summed E-state index contributed by atoms with van der Waals surface area (Å²) in [5.41, 5.74) is 8.32. The van der Waals surface area contributed by atoms with Gasteiger partial charge in [0.1, 0.15) is 9.84 Å². The minimum atomic E-state index is -2.88. The summed E-state index contributed by atoms with van der Waals surface area (Å²) in [7, 11) is -2.88. The average molecular weight is 253 g/mol. The first-order valence-electron chi connectivity index (χ1n) is 5.95. The number of aryl methyl sites for hydroxylation is 1. The van der Waals surface area contributed by atoms with E-state index in [0.717, 1.165) is 18.4 Å². The summed E-state index contributed by atoms with van der Waals surface area (Å²) >= 11 is 0. The Labute approximate surface area is 103 Å². The van der Waals surface area contributed by atoms with Gasteiger partial charge in [0.2, 0.25) is 0 Å². The lowest BCUT2D eigenvalue weighted by Gasteiger charge is -2.38. The van der Waals surface area contributed by atoms with E-state index in [1.165, 1.54) is 18.2 Å². The third kappa shape index (κ3) is 3.07. The maximum atomic E-state index is 11.1. The van der Waals surface area contributed by atoms with E-state index < -0.39 is 9.84 Å². The van der Waals surface area contributed by atoms with Crippen molar-refractivity contribution >= 4 is 9.84 Å². The number of rotatable bonds is 4. The molecule has 0 amide bonds. The van der Waals surface area contributed by atoms with Crippen LogP contribution in [0.1, 0.15) is 30.4 Å². The first-order valence-corrected chi connectivity index (χ1v) is 8.01. The van der Waals surface area contributed by atoms with Gasteiger partial charge in [-0.05, 0) is 36.8 Å². The van der Waals surface area contributed by atoms with Crippen LogP contribution in [0.15, 0.2) is 24.3 Å². The molecule has 0 saturated heterocycles. The summed E-state index contributed by atoms with van der Waals surface area (Å²) in [4.78, 5) is 0. The van der Waals surface area contributed by atoms with Gasteiger partial charge < -0.3 is 5.73 Å². The van der Waals surface area contributed by atoms with Gasteiger partial charge in [0, 0.05) is 11.8 Å². The molecule has 1 aromatic carbocycles. The molecule has 1 fully saturated rings. The van der Waals surface area contributed by atoms with E-state index in [9.17, 15) is 8.42 Å². The summed E-state index contributed by atoms with van der Waals surface area (Å²) < 4.78 is 22.1. The van der Waals surface area contributed by atoms with Crippen molar-refractivity contribution in [2.75, 3.05) is 12.0 Å². The monoisotopic (exact) mass is 253 g/mol. The number of benzene rings is 1. The smallest absolute Gasteiger partial charge is 0.147 e. The highest BCUT2D eigenvalue weighted by molar-refractivity contribution is 7.90. The van der Waals surface area contributed by atoms with Gasteiger partial charge in [0.05, 0.1) is 5.75 Å². The van der Waals surface area contributed by atoms with Gasteiger partial charge >= 0.3 is 0 Å². The predicted molar refractivity (Wildman–Crippen MR) is 69.6 cm³/mol. The highest BCUT2D eigenvalue weighted by atomic mass is 32.2. The molecule has 0 unspecified atom stereocenters. The molecule has 0 radical (unpaired) electrons. The molecule has 1 saturated carbocycles. The van der Waals surface area contributed by atoms with Crippen LogP contribution in [0.2, 0.25) is 0 Å². The molecule has 3 nitrogen and oxygen atoms in total. The van der Waals surface area contributed by atoms with Crippen LogP contribution in [-0.2, 0) is 21.8 Å². The van der Waals surface area contributed by atoms with Gasteiger partial charge in [0.25, 0.3) is 0 Å². The highest BCUT2D eigenvalue weighted by Gasteiger charge is 2.33. The van der Waals surface area contributed by atoms with Gasteiger partial charge in [-0.3, -0.25) is 0 Å². The summed E-state index contributed by atoms with van der Waals surface area (Å²) in [6.07, 6.45) is 5.15. The molecule has 0 atom stereocenters. The van der Waals surface area contributed by atoms with Crippen molar-refractivity contribution in [1.82, 2.24) is 0 Å². The largest absolute Gasteiger partial charge is 0.321 e. The number of nitrogens with two attached hydrogens (primary N) is 1. The van der Waals surface area contributed by atoms with E-state index in [0.29, 0.717) is 6.42 Å². The molecule has 0 bridgehead atoms. The van der Waals surface area contributed by atoms with Gasteiger partial charge in [0.15, 0.2) is 0 Å². The molecule has 1 aliphatic carbocycles. The zero-order valence-corrected chi connectivity index (χ0v) is 11.0. The Kier molecular flexibility index (Phi) is 3.27. The summed E-state index contributed by atoms with van der Waals surface area (Å²) in [5, 5.41) is 0. The lowest BCUT2D eigenvalue weighted by Crippen LogP contribution is -2.43. The Bertz CT molecular complexity index is 487. The van der Waals surface area contributed by atoms with Crippen LogP contribution in [0.5, 0.6) is 0 Å². The molecule has 2 N–H and O–H groups in total. The van der Waals surface area contributed by atoms with E-state index in [-0.39, 0.29) is 11.3 Å². The molecule has 0 aromatic heterocycles. The molecule has 94 valence electrons. The Hall–Kier alpha value is -0.870. The van der Waals surface area contributed by atoms with Crippen LogP contribution in [0.4, 0.5) is 0 Å². The van der Waals surface area contributed by atoms with Gasteiger partial charge in [-0.2, -0.15) is 0 Å². The minimum absolute atomic E-state index is 0.130. The fraction of sp³-hybridized carbons (Fsp3) is 0.538. The van der Waals surface area contributed by atoms with Crippen LogP contribution in [0, 0.1) is 0 Å². The van der Waals surface area contributed by atoms with E-state index in [4.69, 9.17) is 5.73 Å². The average Bonchev–Trinajstić information content (AvgIpc) is 2.23. The zero-order valence-electron chi connectivity index (χ0n) is 10.1. The molecular formula is C13H19NO2S. The van der Waals surface area contributed by atoms with Crippen molar-refractivity contribution in [2.45, 2.75) is 31.2 Å². The third-order valence-electron chi connectivity index (χ3n) is 3.54. The van der Waals surface area contributed by atoms with E-state index >= 15 is 0 Å². The molecule has 0 spiro atoms. The molecule has 0 heterocycles. The fourth-order valence-electron chi connectivity index (χ4n) is 2.15. The van der Waals surface area contributed by atoms with Crippen molar-refractivity contribution in [3.05, 3.63) is 35.4 Å². The third-order valence-corrected chi connectivity index (χ3v) is 4.48. The van der Waals surface area contributed by atoms with Crippen molar-refractivity contribution in [3.63, 3.8) is 0 Å². The lowest BCUT2D eigenvalue weighted by molar-refractivity contribution is 0.253. The SMILES string of the molecule is CS(=O)(=O)CCc1ccc(C2(N)CCC2)cc1. The Morgan fingerprint density at radius 3 is 2.24 bits per heavy atom. The van der Waals surface area contributed by atoms with Crippen molar-refractivity contribution < 1.29 is 8.42 Å². The quantitative estimate of drug-likeness (QED) is 0.887. The molecule has 1 aromatic rings. The van der Waals surface area contributed by atoms with Crippen molar-refractivity contribution in [3.8, 4) is 0 Å². The second-order valence-electron chi connectivity index (χ2n) is 5.09. The fourth-order valence-corrected chi connectivity index (χ4v) is 2.76. The van der Waals surface area contributed by atoms with Crippen LogP contribution in [0.25, 0.3) is 0 Å². The second kappa shape index (κ2) is 4.42. The second-order valence-corrected chi connectivity index (χ2v) is 7.35. The predicted octanol–water partition coefficient (Wildman–Crippen LogP) is 1.61. The van der Waals surface area contributed by atoms with Gasteiger partial charge in [-0.1, -0.05) is 24.3 Å². The maximum absolute atomic E-state index is 11.1. The van der Waals surface area contributed by atoms with Crippen molar-refractivity contribution in [2.24, 2.45) is 5.73 Å². The Morgan fingerprint density at radius 2 is 1.82 bits per heavy atom. The first kappa shape index (κ1) is 12.6. The zero-order chi connectivity index (χ0) is 12.5. The lowest BCUT2D eigenvalue weighted by atomic mass is 9.73. The number of hydrogen-bond donors (Lipinski definition) is 1. The van der Waals surface area contributed by atoms with Gasteiger partial charge in [-0.15, -0.1) is 0 Å². The summed E-state index contributed by atoms with van der Waals surface area (Å²) in [6, 6.07) is 8.06. The first-order chi connectivity index (χ1) is 7.89. The van der Waals surface area contributed by atoms with E-state index in [1.54, 1.807) is 0 Å². The number of hydrogen-bond acceptors (Lipinski definition) is 3. The normalized spacial score (nSPS) is 18.7. The maximum Gasteiger partial charge on any atom is 0.147 e. The molecule has 2 rings (SSSR count). The Balaban J connectivity index is 2.03. The topological polar surface area (TPSA) is 60.2 Å². The molecule has 17 heavy (non-hydrogen) atoms. The highest BCUT2D eigenvalue weighted by Crippen LogP contribution is 2.38. The van der Waals surface area contributed by atoms with E-state index in [1.807, 2.05) is 24.3 Å².